The van der Waals surface area contributed by atoms with Gasteiger partial charge in [-0.1, -0.05) is 186 Å². The van der Waals surface area contributed by atoms with Gasteiger partial charge in [-0.2, -0.15) is 0 Å². The summed E-state index contributed by atoms with van der Waals surface area (Å²) in [7, 11) is 0. The van der Waals surface area contributed by atoms with Crippen LogP contribution in [0.1, 0.15) is 105 Å². The topological polar surface area (TPSA) is 26.0 Å². The van der Waals surface area contributed by atoms with E-state index in [1.807, 2.05) is 0 Å². The lowest BCUT2D eigenvalue weighted by molar-refractivity contribution is 0.589. The number of hydrogen-bond donors (Lipinski definition) is 0. The zero-order valence-electron chi connectivity index (χ0n) is 37.0. The average Bonchev–Trinajstić information content (AvgIpc) is 3.62. The van der Waals surface area contributed by atoms with Crippen molar-refractivity contribution in [2.24, 2.45) is 0 Å². The van der Waals surface area contributed by atoms with Crippen LogP contribution in [-0.2, 0) is 21.7 Å². The molecular weight excluding hydrogens is 715 g/mol. The Kier molecular flexibility index (Phi) is 8.80. The van der Waals surface area contributed by atoms with Crippen LogP contribution in [0.15, 0.2) is 132 Å². The second-order valence-corrected chi connectivity index (χ2v) is 20.9. The highest BCUT2D eigenvalue weighted by Gasteiger charge is 2.25. The van der Waals surface area contributed by atoms with Crippen LogP contribution in [-0.4, -0.2) is 4.98 Å². The van der Waals surface area contributed by atoms with Gasteiger partial charge in [0.05, 0.1) is 0 Å². The minimum Gasteiger partial charge on any atom is -0.436 e. The molecule has 0 amide bonds. The first-order chi connectivity index (χ1) is 27.8. The van der Waals surface area contributed by atoms with E-state index in [1.54, 1.807) is 0 Å². The molecule has 0 spiro atoms. The van der Waals surface area contributed by atoms with Crippen molar-refractivity contribution >= 4 is 43.4 Å². The molecule has 0 atom stereocenters. The largest absolute Gasteiger partial charge is 0.436 e. The van der Waals surface area contributed by atoms with Crippen molar-refractivity contribution in [2.45, 2.75) is 105 Å². The molecule has 0 radical (unpaired) electrons. The van der Waals surface area contributed by atoms with Crippen molar-refractivity contribution in [3.63, 3.8) is 0 Å². The molecule has 0 saturated carbocycles. The quantitative estimate of drug-likeness (QED) is 0.167. The van der Waals surface area contributed by atoms with E-state index >= 15 is 0 Å². The third kappa shape index (κ3) is 6.81. The summed E-state index contributed by atoms with van der Waals surface area (Å²) in [5.41, 5.74) is 15.4. The molecule has 0 aliphatic carbocycles. The summed E-state index contributed by atoms with van der Waals surface area (Å²) in [4.78, 5) is 5.24. The summed E-state index contributed by atoms with van der Waals surface area (Å²) in [6, 6.07) is 48.2. The predicted molar refractivity (Wildman–Crippen MR) is 254 cm³/mol. The maximum atomic E-state index is 6.72. The van der Waals surface area contributed by atoms with Gasteiger partial charge in [-0.15, -0.1) is 0 Å². The van der Waals surface area contributed by atoms with Crippen LogP contribution in [0, 0.1) is 0 Å². The van der Waals surface area contributed by atoms with E-state index < -0.39 is 0 Å². The van der Waals surface area contributed by atoms with Gasteiger partial charge in [0.25, 0.3) is 0 Å². The van der Waals surface area contributed by atoms with Crippen molar-refractivity contribution in [2.75, 3.05) is 0 Å². The second-order valence-electron chi connectivity index (χ2n) is 20.9. The maximum Gasteiger partial charge on any atom is 0.227 e. The Balaban J connectivity index is 1.39. The van der Waals surface area contributed by atoms with E-state index in [0.29, 0.717) is 5.89 Å². The molecule has 8 aromatic carbocycles. The fourth-order valence-electron chi connectivity index (χ4n) is 8.84. The van der Waals surface area contributed by atoms with Crippen molar-refractivity contribution in [3.05, 3.63) is 150 Å². The third-order valence-corrected chi connectivity index (χ3v) is 12.6. The lowest BCUT2D eigenvalue weighted by atomic mass is 9.81. The molecule has 0 bridgehead atoms. The van der Waals surface area contributed by atoms with Gasteiger partial charge in [0.15, 0.2) is 5.58 Å². The molecule has 1 aromatic heterocycles. The third-order valence-electron chi connectivity index (χ3n) is 12.6. The Hall–Kier alpha value is -5.73. The molecule has 0 unspecified atom stereocenters. The molecule has 0 aliphatic heterocycles. The lowest BCUT2D eigenvalue weighted by Crippen LogP contribution is -2.10. The molecule has 0 aliphatic rings. The number of oxazole rings is 1. The molecule has 0 N–H and O–H groups in total. The number of benzene rings is 8. The van der Waals surface area contributed by atoms with Gasteiger partial charge in [0.1, 0.15) is 5.52 Å². The molecule has 2 heteroatoms. The molecule has 0 fully saturated rings. The second kappa shape index (κ2) is 13.4. The number of nitrogens with zero attached hydrogens (tertiary/aromatic N) is 1. The van der Waals surface area contributed by atoms with Crippen molar-refractivity contribution < 1.29 is 4.42 Å². The van der Waals surface area contributed by atoms with Gasteiger partial charge in [-0.3, -0.25) is 0 Å². The van der Waals surface area contributed by atoms with E-state index in [9.17, 15) is 0 Å². The minimum atomic E-state index is 0.00222. The monoisotopic (exact) mass is 771 g/mol. The van der Waals surface area contributed by atoms with Crippen LogP contribution < -0.4 is 0 Å². The van der Waals surface area contributed by atoms with Crippen LogP contribution in [0.4, 0.5) is 0 Å². The van der Waals surface area contributed by atoms with E-state index in [-0.39, 0.29) is 21.7 Å². The fraction of sp³-hybridized carbons (Fsp3) is 0.281. The Morgan fingerprint density at radius 1 is 0.339 bits per heavy atom. The molecule has 1 heterocycles. The molecule has 2 nitrogen and oxygen atoms in total. The SMILES string of the molecule is CC(C)(C)c1ccc(-c2cc(-c3ccc(C(C)(C)C)cc3)c3ccc4c(-c5nc6cc(C(C)(C)C)ccc6o5)cc(-c5ccc(C(C)(C)C)cc5)c5ccc2c3c54)cc1. The van der Waals surface area contributed by atoms with E-state index in [2.05, 4.69) is 210 Å². The van der Waals surface area contributed by atoms with E-state index in [1.165, 1.54) is 82.6 Å². The Bertz CT molecular complexity index is 2940. The van der Waals surface area contributed by atoms with Crippen LogP contribution >= 0.6 is 0 Å². The normalized spacial score (nSPS) is 13.1. The van der Waals surface area contributed by atoms with E-state index in [4.69, 9.17) is 9.40 Å². The highest BCUT2D eigenvalue weighted by Crippen LogP contribution is 2.49. The fourth-order valence-corrected chi connectivity index (χ4v) is 8.84. The number of fused-ring (bicyclic) bond motifs is 1. The van der Waals surface area contributed by atoms with Gasteiger partial charge in [0, 0.05) is 5.56 Å². The highest BCUT2D eigenvalue weighted by molar-refractivity contribution is 6.31. The van der Waals surface area contributed by atoms with Gasteiger partial charge in [-0.25, -0.2) is 4.98 Å². The van der Waals surface area contributed by atoms with Crippen molar-refractivity contribution in [1.29, 1.82) is 0 Å². The zero-order valence-corrected chi connectivity index (χ0v) is 37.0. The van der Waals surface area contributed by atoms with Crippen molar-refractivity contribution in [3.8, 4) is 44.8 Å². The van der Waals surface area contributed by atoms with Crippen LogP contribution in [0.2, 0.25) is 0 Å². The van der Waals surface area contributed by atoms with Crippen LogP contribution in [0.3, 0.4) is 0 Å². The summed E-state index contributed by atoms with van der Waals surface area (Å²) in [5.74, 6) is 0.646. The summed E-state index contributed by atoms with van der Waals surface area (Å²) < 4.78 is 6.72. The first kappa shape index (κ1) is 38.8. The van der Waals surface area contributed by atoms with Crippen LogP contribution in [0.25, 0.3) is 88.3 Å². The number of hydrogen-bond acceptors (Lipinski definition) is 2. The van der Waals surface area contributed by atoms with Gasteiger partial charge in [-0.05, 0) is 134 Å². The Labute approximate surface area is 350 Å². The zero-order chi connectivity index (χ0) is 41.8. The highest BCUT2D eigenvalue weighted by atomic mass is 16.3. The summed E-state index contributed by atoms with van der Waals surface area (Å²) in [5, 5.41) is 7.37. The molecule has 0 saturated heterocycles. The Morgan fingerprint density at radius 3 is 1.02 bits per heavy atom. The Morgan fingerprint density at radius 2 is 0.661 bits per heavy atom. The predicted octanol–water partition coefficient (Wildman–Crippen LogP) is 16.6. The summed E-state index contributed by atoms with van der Waals surface area (Å²) in [6.07, 6.45) is 0. The molecule has 9 rings (SSSR count). The molecule has 59 heavy (non-hydrogen) atoms. The van der Waals surface area contributed by atoms with Crippen molar-refractivity contribution in [1.82, 2.24) is 4.98 Å². The standard InChI is InChI=1S/C57H57NO/c1-54(2,3)37-19-13-34(14-20-37)45-32-46(35-15-21-38(22-16-35)55(4,5)6)42-28-29-44-48(53-58-49-31-40(57(10,11)12)25-30-50(49)59-53)33-47(43-27-26-41(45)51(42)52(43)44)36-17-23-39(24-18-36)56(7,8)9/h13-33H,1-12H3. The van der Waals surface area contributed by atoms with Gasteiger partial charge < -0.3 is 4.42 Å². The first-order valence-electron chi connectivity index (χ1n) is 21.3. The lowest BCUT2D eigenvalue weighted by Gasteiger charge is -2.23. The number of rotatable bonds is 4. The number of aromatic nitrogens is 1. The van der Waals surface area contributed by atoms with E-state index in [0.717, 1.165) is 22.0 Å². The smallest absolute Gasteiger partial charge is 0.227 e. The maximum absolute atomic E-state index is 6.72. The van der Waals surface area contributed by atoms with Crippen LogP contribution in [0.5, 0.6) is 0 Å². The molecular formula is C57H57NO. The summed E-state index contributed by atoms with van der Waals surface area (Å²) in [6.45, 7) is 27.2. The molecule has 296 valence electrons. The average molecular weight is 772 g/mol. The summed E-state index contributed by atoms with van der Waals surface area (Å²) >= 11 is 0. The van der Waals surface area contributed by atoms with Gasteiger partial charge >= 0.3 is 0 Å². The first-order valence-corrected chi connectivity index (χ1v) is 21.3. The molecule has 9 aromatic rings. The minimum absolute atomic E-state index is 0.00222. The van der Waals surface area contributed by atoms with Gasteiger partial charge in [0.2, 0.25) is 5.89 Å².